The molecule has 0 saturated carbocycles. The van der Waals surface area contributed by atoms with Gasteiger partial charge in [-0.15, -0.1) is 0 Å². The van der Waals surface area contributed by atoms with Gasteiger partial charge >= 0.3 is 0 Å². The van der Waals surface area contributed by atoms with E-state index in [1.54, 1.807) is 6.07 Å². The third-order valence-corrected chi connectivity index (χ3v) is 3.37. The van der Waals surface area contributed by atoms with Crippen molar-refractivity contribution in [3.63, 3.8) is 0 Å². The molecule has 2 aromatic carbocycles. The second kappa shape index (κ2) is 5.90. The van der Waals surface area contributed by atoms with Gasteiger partial charge in [0.2, 0.25) is 0 Å². The molecule has 2 aromatic rings. The van der Waals surface area contributed by atoms with Crippen LogP contribution in [0.25, 0.3) is 0 Å². The van der Waals surface area contributed by atoms with E-state index >= 15 is 0 Å². The quantitative estimate of drug-likeness (QED) is 0.897. The second-order valence-corrected chi connectivity index (χ2v) is 5.08. The van der Waals surface area contributed by atoms with Crippen molar-refractivity contribution >= 4 is 33.2 Å². The molecular weight excluding hydrogens is 312 g/mol. The summed E-state index contributed by atoms with van der Waals surface area (Å²) in [5.41, 5.74) is 2.38. The molecule has 90 valence electrons. The average Bonchev–Trinajstić information content (AvgIpc) is 2.38. The summed E-state index contributed by atoms with van der Waals surface area (Å²) in [6, 6.07) is 15.5. The maximum absolute atomic E-state index is 9.05. The summed E-state index contributed by atoms with van der Waals surface area (Å²) in [6.07, 6.45) is 0. The molecule has 0 heterocycles. The van der Waals surface area contributed by atoms with Crippen molar-refractivity contribution in [2.24, 2.45) is 0 Å². The molecule has 4 heteroatoms. The van der Waals surface area contributed by atoms with E-state index in [0.29, 0.717) is 17.1 Å². The van der Waals surface area contributed by atoms with Gasteiger partial charge in [0, 0.05) is 11.0 Å². The standard InChI is InChI=1S/C14H10BrClN2/c15-11-6-4-10(5-7-11)9-18-14-3-1-2-13(16)12(14)8-17/h1-7,18H,9H2. The lowest BCUT2D eigenvalue weighted by Gasteiger charge is -2.09. The first-order valence-corrected chi connectivity index (χ1v) is 6.55. The molecule has 0 bridgehead atoms. The van der Waals surface area contributed by atoms with Crippen molar-refractivity contribution in [3.05, 3.63) is 63.1 Å². The van der Waals surface area contributed by atoms with E-state index in [9.17, 15) is 0 Å². The highest BCUT2D eigenvalue weighted by molar-refractivity contribution is 9.10. The van der Waals surface area contributed by atoms with Crippen LogP contribution in [0, 0.1) is 11.3 Å². The summed E-state index contributed by atoms with van der Waals surface area (Å²) >= 11 is 9.36. The molecule has 1 N–H and O–H groups in total. The highest BCUT2D eigenvalue weighted by Gasteiger charge is 2.05. The van der Waals surface area contributed by atoms with Gasteiger partial charge in [-0.05, 0) is 29.8 Å². The monoisotopic (exact) mass is 320 g/mol. The zero-order chi connectivity index (χ0) is 13.0. The summed E-state index contributed by atoms with van der Waals surface area (Å²) in [4.78, 5) is 0. The van der Waals surface area contributed by atoms with E-state index in [2.05, 4.69) is 27.3 Å². The maximum Gasteiger partial charge on any atom is 0.103 e. The largest absolute Gasteiger partial charge is 0.380 e. The molecule has 0 aliphatic heterocycles. The first-order chi connectivity index (χ1) is 8.70. The van der Waals surface area contributed by atoms with Gasteiger partial charge in [0.25, 0.3) is 0 Å². The van der Waals surface area contributed by atoms with Crippen molar-refractivity contribution in [2.75, 3.05) is 5.32 Å². The Kier molecular flexibility index (Phi) is 4.24. The van der Waals surface area contributed by atoms with Gasteiger partial charge in [-0.2, -0.15) is 5.26 Å². The molecule has 0 unspecified atom stereocenters. The summed E-state index contributed by atoms with van der Waals surface area (Å²) < 4.78 is 1.05. The van der Waals surface area contributed by atoms with Crippen molar-refractivity contribution in [2.45, 2.75) is 6.54 Å². The number of rotatable bonds is 3. The van der Waals surface area contributed by atoms with Gasteiger partial charge in [0.05, 0.1) is 16.3 Å². The fraction of sp³-hybridized carbons (Fsp3) is 0.0714. The molecule has 0 spiro atoms. The highest BCUT2D eigenvalue weighted by Crippen LogP contribution is 2.23. The average molecular weight is 322 g/mol. The Morgan fingerprint density at radius 3 is 2.56 bits per heavy atom. The molecule has 18 heavy (non-hydrogen) atoms. The molecule has 0 aliphatic carbocycles. The number of nitrogens with zero attached hydrogens (tertiary/aromatic N) is 1. The Morgan fingerprint density at radius 2 is 1.89 bits per heavy atom. The zero-order valence-corrected chi connectivity index (χ0v) is 11.8. The Balaban J connectivity index is 2.14. The minimum atomic E-state index is 0.471. The summed E-state index contributed by atoms with van der Waals surface area (Å²) in [5.74, 6) is 0. The SMILES string of the molecule is N#Cc1c(Cl)cccc1NCc1ccc(Br)cc1. The van der Waals surface area contributed by atoms with Crippen LogP contribution in [-0.4, -0.2) is 0 Å². The fourth-order valence-corrected chi connectivity index (χ4v) is 2.07. The first-order valence-electron chi connectivity index (χ1n) is 5.37. The molecule has 0 aliphatic rings. The predicted molar refractivity (Wildman–Crippen MR) is 77.6 cm³/mol. The zero-order valence-electron chi connectivity index (χ0n) is 9.45. The Morgan fingerprint density at radius 1 is 1.17 bits per heavy atom. The molecule has 0 aromatic heterocycles. The van der Waals surface area contributed by atoms with E-state index in [-0.39, 0.29) is 0 Å². The van der Waals surface area contributed by atoms with Gasteiger partial charge in [-0.25, -0.2) is 0 Å². The maximum atomic E-state index is 9.05. The van der Waals surface area contributed by atoms with Gasteiger partial charge in [0.15, 0.2) is 0 Å². The summed E-state index contributed by atoms with van der Waals surface area (Å²) in [7, 11) is 0. The Bertz CT molecular complexity index is 588. The smallest absolute Gasteiger partial charge is 0.103 e. The summed E-state index contributed by atoms with van der Waals surface area (Å²) in [5, 5.41) is 12.7. The second-order valence-electron chi connectivity index (χ2n) is 3.75. The molecular formula is C14H10BrClN2. The Labute approximate surface area is 119 Å². The van der Waals surface area contributed by atoms with E-state index in [1.807, 2.05) is 36.4 Å². The topological polar surface area (TPSA) is 35.8 Å². The van der Waals surface area contributed by atoms with Crippen LogP contribution in [-0.2, 0) is 6.54 Å². The number of nitrogens with one attached hydrogen (secondary N) is 1. The van der Waals surface area contributed by atoms with Gasteiger partial charge in [-0.3, -0.25) is 0 Å². The molecule has 0 saturated heterocycles. The number of benzene rings is 2. The van der Waals surface area contributed by atoms with Gasteiger partial charge < -0.3 is 5.32 Å². The van der Waals surface area contributed by atoms with Crippen LogP contribution in [0.2, 0.25) is 5.02 Å². The lowest BCUT2D eigenvalue weighted by molar-refractivity contribution is 1.14. The fourth-order valence-electron chi connectivity index (χ4n) is 1.58. The number of nitriles is 1. The lowest BCUT2D eigenvalue weighted by atomic mass is 10.1. The van der Waals surface area contributed by atoms with Gasteiger partial charge in [0.1, 0.15) is 6.07 Å². The molecule has 0 atom stereocenters. The van der Waals surface area contributed by atoms with E-state index in [0.717, 1.165) is 15.7 Å². The number of hydrogen-bond acceptors (Lipinski definition) is 2. The highest BCUT2D eigenvalue weighted by atomic mass is 79.9. The van der Waals surface area contributed by atoms with Crippen molar-refractivity contribution in [3.8, 4) is 6.07 Å². The van der Waals surface area contributed by atoms with Crippen molar-refractivity contribution in [1.82, 2.24) is 0 Å². The molecule has 2 nitrogen and oxygen atoms in total. The van der Waals surface area contributed by atoms with Crippen molar-refractivity contribution < 1.29 is 0 Å². The number of halogens is 2. The third-order valence-electron chi connectivity index (χ3n) is 2.52. The number of hydrogen-bond donors (Lipinski definition) is 1. The minimum absolute atomic E-state index is 0.471. The van der Waals surface area contributed by atoms with Crippen LogP contribution in [0.4, 0.5) is 5.69 Å². The molecule has 0 radical (unpaired) electrons. The summed E-state index contributed by atoms with van der Waals surface area (Å²) in [6.45, 7) is 0.655. The molecule has 0 fully saturated rings. The van der Waals surface area contributed by atoms with Crippen LogP contribution < -0.4 is 5.32 Å². The number of anilines is 1. The normalized spacial score (nSPS) is 9.83. The first kappa shape index (κ1) is 12.9. The van der Waals surface area contributed by atoms with Crippen molar-refractivity contribution in [1.29, 1.82) is 5.26 Å². The molecule has 0 amide bonds. The van der Waals surface area contributed by atoms with Crippen LogP contribution in [0.1, 0.15) is 11.1 Å². The molecule has 2 rings (SSSR count). The predicted octanol–water partition coefficient (Wildman–Crippen LogP) is 4.59. The van der Waals surface area contributed by atoms with Crippen LogP contribution in [0.3, 0.4) is 0 Å². The van der Waals surface area contributed by atoms with E-state index in [4.69, 9.17) is 16.9 Å². The van der Waals surface area contributed by atoms with Crippen LogP contribution in [0.15, 0.2) is 46.9 Å². The minimum Gasteiger partial charge on any atom is -0.380 e. The van der Waals surface area contributed by atoms with Crippen LogP contribution in [0.5, 0.6) is 0 Å². The van der Waals surface area contributed by atoms with Gasteiger partial charge in [-0.1, -0.05) is 45.7 Å². The lowest BCUT2D eigenvalue weighted by Crippen LogP contribution is -2.01. The Hall–Kier alpha value is -1.50. The van der Waals surface area contributed by atoms with E-state index < -0.39 is 0 Å². The van der Waals surface area contributed by atoms with Crippen LogP contribution >= 0.6 is 27.5 Å². The van der Waals surface area contributed by atoms with E-state index in [1.165, 1.54) is 0 Å². The third kappa shape index (κ3) is 3.04.